The van der Waals surface area contributed by atoms with E-state index in [1.165, 1.54) is 6.92 Å². The molecular weight excluding hydrogens is 372 g/mol. The van der Waals surface area contributed by atoms with Gasteiger partial charge in [0.25, 0.3) is 0 Å². The van der Waals surface area contributed by atoms with Crippen LogP contribution in [-0.2, 0) is 19.1 Å². The van der Waals surface area contributed by atoms with E-state index in [2.05, 4.69) is 6.92 Å². The van der Waals surface area contributed by atoms with Crippen LogP contribution in [0, 0.1) is 28.6 Å². The van der Waals surface area contributed by atoms with Crippen molar-refractivity contribution in [1.82, 2.24) is 0 Å². The summed E-state index contributed by atoms with van der Waals surface area (Å²) in [6, 6.07) is 0. The molecule has 29 heavy (non-hydrogen) atoms. The van der Waals surface area contributed by atoms with Gasteiger partial charge in [-0.1, -0.05) is 25.5 Å². The molecule has 0 aliphatic heterocycles. The van der Waals surface area contributed by atoms with Crippen molar-refractivity contribution >= 4 is 17.5 Å². The summed E-state index contributed by atoms with van der Waals surface area (Å²) in [6.45, 7) is 4.80. The highest BCUT2D eigenvalue weighted by Crippen LogP contribution is 2.67. The lowest BCUT2D eigenvalue weighted by molar-refractivity contribution is -0.181. The van der Waals surface area contributed by atoms with E-state index in [0.29, 0.717) is 19.3 Å². The minimum Gasteiger partial charge on any atom is -0.458 e. The summed E-state index contributed by atoms with van der Waals surface area (Å²) < 4.78 is 4.88. The number of carbonyl (C=O) groups is 3. The van der Waals surface area contributed by atoms with E-state index in [1.54, 1.807) is 12.2 Å². The zero-order chi connectivity index (χ0) is 21.2. The summed E-state index contributed by atoms with van der Waals surface area (Å²) in [5, 5.41) is 22.7. The van der Waals surface area contributed by atoms with Gasteiger partial charge in [0.2, 0.25) is 5.78 Å². The quantitative estimate of drug-likeness (QED) is 0.702. The molecule has 0 aromatic heterocycles. The van der Waals surface area contributed by atoms with Gasteiger partial charge in [0.05, 0.1) is 6.10 Å². The van der Waals surface area contributed by atoms with Crippen molar-refractivity contribution in [2.45, 2.75) is 64.6 Å². The molecule has 0 aromatic rings. The number of ether oxygens (including phenoxy) is 1. The zero-order valence-electron chi connectivity index (χ0n) is 17.3. The average Bonchev–Trinajstić information content (AvgIpc) is 2.91. The maximum atomic E-state index is 12.9. The van der Waals surface area contributed by atoms with Crippen molar-refractivity contribution in [3.05, 3.63) is 23.8 Å². The lowest BCUT2D eigenvalue weighted by atomic mass is 9.46. The van der Waals surface area contributed by atoms with Gasteiger partial charge >= 0.3 is 5.97 Å². The molecule has 7 atom stereocenters. The second-order valence-electron chi connectivity index (χ2n) is 9.81. The molecule has 0 saturated heterocycles. The van der Waals surface area contributed by atoms with Crippen LogP contribution >= 0.6 is 0 Å². The van der Waals surface area contributed by atoms with Gasteiger partial charge in [-0.25, -0.2) is 0 Å². The van der Waals surface area contributed by atoms with Crippen LogP contribution < -0.4 is 0 Å². The van der Waals surface area contributed by atoms with Crippen LogP contribution in [0.15, 0.2) is 23.8 Å². The van der Waals surface area contributed by atoms with Gasteiger partial charge in [-0.2, -0.15) is 0 Å². The van der Waals surface area contributed by atoms with Crippen LogP contribution in [0.2, 0.25) is 0 Å². The molecule has 4 aliphatic carbocycles. The molecule has 2 N–H and O–H groups in total. The van der Waals surface area contributed by atoms with E-state index in [9.17, 15) is 24.6 Å². The monoisotopic (exact) mass is 402 g/mol. The van der Waals surface area contributed by atoms with E-state index in [1.807, 2.05) is 13.0 Å². The van der Waals surface area contributed by atoms with E-state index >= 15 is 0 Å². The molecule has 4 rings (SSSR count). The van der Waals surface area contributed by atoms with Crippen molar-refractivity contribution in [1.29, 1.82) is 0 Å². The fourth-order valence-corrected chi connectivity index (χ4v) is 7.08. The molecule has 4 aliphatic rings. The fraction of sp³-hybridized carbons (Fsp3) is 0.696. The summed E-state index contributed by atoms with van der Waals surface area (Å²) in [6.07, 6.45) is 7.50. The van der Waals surface area contributed by atoms with Gasteiger partial charge in [-0.3, -0.25) is 14.4 Å². The van der Waals surface area contributed by atoms with Gasteiger partial charge in [-0.15, -0.1) is 0 Å². The number of aliphatic hydroxyl groups is 2. The Morgan fingerprint density at radius 3 is 2.69 bits per heavy atom. The highest BCUT2D eigenvalue weighted by atomic mass is 16.5. The Morgan fingerprint density at radius 2 is 2.00 bits per heavy atom. The number of carbonyl (C=O) groups excluding carboxylic acids is 3. The lowest BCUT2D eigenvalue weighted by Gasteiger charge is -2.59. The first-order valence-electron chi connectivity index (χ1n) is 10.5. The standard InChI is InChI=1S/C23H30O6/c1-13(24)29-12-19(27)23(28)9-7-17-16-5-4-14-10-15(25)6-8-21(14,2)20(16)18(26)11-22(17,23)3/h6,8,10,16-18,20,26,28H,4-5,7,9,11-12H2,1-3H3/t16-,17-,18-,20?,21-,22-,23?/m0/s1. The van der Waals surface area contributed by atoms with E-state index in [4.69, 9.17) is 4.74 Å². The summed E-state index contributed by atoms with van der Waals surface area (Å²) >= 11 is 0. The third kappa shape index (κ3) is 2.79. The Hall–Kier alpha value is -1.79. The highest BCUT2D eigenvalue weighted by molar-refractivity contribution is 6.01. The van der Waals surface area contributed by atoms with Crippen LogP contribution in [0.25, 0.3) is 0 Å². The Balaban J connectivity index is 1.66. The van der Waals surface area contributed by atoms with Gasteiger partial charge in [0.1, 0.15) is 5.60 Å². The second-order valence-corrected chi connectivity index (χ2v) is 9.81. The predicted octanol–water partition coefficient (Wildman–Crippen LogP) is 2.13. The van der Waals surface area contributed by atoms with Crippen molar-refractivity contribution < 1.29 is 29.3 Å². The van der Waals surface area contributed by atoms with E-state index in [-0.39, 0.29) is 29.0 Å². The number of hydrogen-bond acceptors (Lipinski definition) is 6. The summed E-state index contributed by atoms with van der Waals surface area (Å²) in [7, 11) is 0. The van der Waals surface area contributed by atoms with Crippen molar-refractivity contribution in [2.75, 3.05) is 6.61 Å². The maximum Gasteiger partial charge on any atom is 0.303 e. The van der Waals surface area contributed by atoms with E-state index in [0.717, 1.165) is 18.4 Å². The average molecular weight is 402 g/mol. The summed E-state index contributed by atoms with van der Waals surface area (Å²) in [4.78, 5) is 35.9. The summed E-state index contributed by atoms with van der Waals surface area (Å²) in [5.74, 6) is -0.836. The molecule has 0 amide bonds. The van der Waals surface area contributed by atoms with Crippen LogP contribution in [0.5, 0.6) is 0 Å². The molecule has 0 bridgehead atoms. The first-order valence-corrected chi connectivity index (χ1v) is 10.5. The third-order valence-corrected chi connectivity index (χ3v) is 8.52. The molecule has 3 saturated carbocycles. The van der Waals surface area contributed by atoms with Crippen molar-refractivity contribution in [3.63, 3.8) is 0 Å². The molecule has 0 radical (unpaired) electrons. The van der Waals surface area contributed by atoms with Gasteiger partial charge in [0.15, 0.2) is 12.4 Å². The van der Waals surface area contributed by atoms with Gasteiger partial charge in [-0.05, 0) is 56.1 Å². The van der Waals surface area contributed by atoms with Crippen molar-refractivity contribution in [3.8, 4) is 0 Å². The van der Waals surface area contributed by atoms with Crippen LogP contribution in [0.4, 0.5) is 0 Å². The zero-order valence-corrected chi connectivity index (χ0v) is 17.3. The molecule has 0 aromatic carbocycles. The van der Waals surface area contributed by atoms with Crippen LogP contribution in [0.1, 0.15) is 52.9 Å². The van der Waals surface area contributed by atoms with Crippen LogP contribution in [-0.4, -0.2) is 46.1 Å². The number of rotatable bonds is 3. The SMILES string of the molecule is CC(=O)OCC(=O)C1(O)CC[C@H]2[C@@H]3CCC4=CC(=O)C=C[C@]4(C)C3[C@@H](O)C[C@@]21C. The van der Waals surface area contributed by atoms with Crippen molar-refractivity contribution in [2.24, 2.45) is 28.6 Å². The maximum absolute atomic E-state index is 12.9. The molecule has 6 nitrogen and oxygen atoms in total. The molecule has 6 heteroatoms. The number of allylic oxidation sites excluding steroid dienone is 4. The number of hydrogen-bond donors (Lipinski definition) is 2. The Kier molecular flexibility index (Phi) is 4.67. The molecule has 0 spiro atoms. The van der Waals surface area contributed by atoms with E-state index < -0.39 is 35.5 Å². The fourth-order valence-electron chi connectivity index (χ4n) is 7.08. The minimum atomic E-state index is -1.60. The molecule has 3 fully saturated rings. The molecule has 158 valence electrons. The molecule has 0 heterocycles. The van der Waals surface area contributed by atoms with Gasteiger partial charge < -0.3 is 14.9 Å². The summed E-state index contributed by atoms with van der Waals surface area (Å²) in [5.41, 5.74) is -1.67. The largest absolute Gasteiger partial charge is 0.458 e. The second kappa shape index (κ2) is 6.61. The Labute approximate surface area is 171 Å². The predicted molar refractivity (Wildman–Crippen MR) is 105 cm³/mol. The normalized spacial score (nSPS) is 45.7. The minimum absolute atomic E-state index is 0.00243. The third-order valence-electron chi connectivity index (χ3n) is 8.52. The smallest absolute Gasteiger partial charge is 0.303 e. The Morgan fingerprint density at radius 1 is 1.28 bits per heavy atom. The number of aliphatic hydroxyl groups excluding tert-OH is 1. The Bertz CT molecular complexity index is 827. The molecule has 2 unspecified atom stereocenters. The number of esters is 1. The number of fused-ring (bicyclic) bond motifs is 5. The van der Waals surface area contributed by atoms with Gasteiger partial charge in [0, 0.05) is 23.7 Å². The lowest BCUT2D eigenvalue weighted by Crippen LogP contribution is -2.61. The van der Waals surface area contributed by atoms with Crippen LogP contribution in [0.3, 0.4) is 0 Å². The topological polar surface area (TPSA) is 101 Å². The highest BCUT2D eigenvalue weighted by Gasteiger charge is 2.68. The number of Topliss-reactive ketones (excluding diaryl/α,β-unsaturated/α-hetero) is 1. The molecular formula is C23H30O6. The first kappa shape index (κ1) is 20.5. The first-order chi connectivity index (χ1) is 13.5. The number of ketones is 2.